The molecule has 0 spiro atoms. The molecule has 6 heteroatoms. The Hall–Kier alpha value is -2.34. The van der Waals surface area contributed by atoms with Crippen LogP contribution in [0.4, 0.5) is 0 Å². The van der Waals surface area contributed by atoms with Crippen molar-refractivity contribution in [2.45, 2.75) is 6.92 Å². The van der Waals surface area contributed by atoms with Crippen molar-refractivity contribution < 1.29 is 23.7 Å². The molecule has 0 amide bonds. The summed E-state index contributed by atoms with van der Waals surface area (Å²) in [4.78, 5) is 0. The molecule has 0 fully saturated rings. The number of rotatable bonds is 8. The summed E-state index contributed by atoms with van der Waals surface area (Å²) in [6, 6.07) is 7.61. The van der Waals surface area contributed by atoms with Gasteiger partial charge >= 0.3 is 0 Å². The lowest BCUT2D eigenvalue weighted by atomic mass is 10.1. The second-order valence-electron chi connectivity index (χ2n) is 5.22. The van der Waals surface area contributed by atoms with Crippen molar-refractivity contribution in [1.29, 1.82) is 0 Å². The summed E-state index contributed by atoms with van der Waals surface area (Å²) in [6.07, 6.45) is 3.91. The van der Waals surface area contributed by atoms with Crippen LogP contribution in [0.5, 0.6) is 28.7 Å². The van der Waals surface area contributed by atoms with Gasteiger partial charge in [-0.25, -0.2) is 0 Å². The van der Waals surface area contributed by atoms with Gasteiger partial charge in [0, 0.05) is 11.6 Å². The van der Waals surface area contributed by atoms with Crippen LogP contribution in [0.15, 0.2) is 28.7 Å². The maximum atomic E-state index is 5.51. The number of hydrogen-bond acceptors (Lipinski definition) is 5. The molecule has 0 aliphatic rings. The fourth-order valence-electron chi connectivity index (χ4n) is 2.53. The number of ether oxygens (including phenoxy) is 5. The van der Waals surface area contributed by atoms with Crippen LogP contribution in [0.3, 0.4) is 0 Å². The van der Waals surface area contributed by atoms with E-state index in [4.69, 9.17) is 23.7 Å². The number of hydrogen-bond donors (Lipinski definition) is 0. The third-order valence-corrected chi connectivity index (χ3v) is 4.57. The standard InChI is InChI=1S/C20H23BrO5/c1-6-26-15-10-9-13(16(12-15)22-2)7-8-14-11-17(23-3)19(24-4)20(25-5)18(14)21/h7-12H,6H2,1-5H3. The Balaban J connectivity index is 2.45. The summed E-state index contributed by atoms with van der Waals surface area (Å²) in [5, 5.41) is 0. The summed E-state index contributed by atoms with van der Waals surface area (Å²) in [6.45, 7) is 2.55. The van der Waals surface area contributed by atoms with Crippen molar-refractivity contribution in [2.24, 2.45) is 0 Å². The zero-order valence-corrected chi connectivity index (χ0v) is 17.2. The van der Waals surface area contributed by atoms with Crippen LogP contribution in [-0.4, -0.2) is 35.0 Å². The molecule has 140 valence electrons. The van der Waals surface area contributed by atoms with Gasteiger partial charge in [0.15, 0.2) is 11.5 Å². The van der Waals surface area contributed by atoms with E-state index in [9.17, 15) is 0 Å². The van der Waals surface area contributed by atoms with Crippen molar-refractivity contribution >= 4 is 28.1 Å². The van der Waals surface area contributed by atoms with Gasteiger partial charge in [-0.2, -0.15) is 0 Å². The Morgan fingerprint density at radius 2 is 1.46 bits per heavy atom. The van der Waals surface area contributed by atoms with E-state index < -0.39 is 0 Å². The van der Waals surface area contributed by atoms with Crippen LogP contribution in [0.25, 0.3) is 12.2 Å². The van der Waals surface area contributed by atoms with Crippen LogP contribution < -0.4 is 23.7 Å². The van der Waals surface area contributed by atoms with Gasteiger partial charge in [0.1, 0.15) is 11.5 Å². The molecule has 5 nitrogen and oxygen atoms in total. The maximum absolute atomic E-state index is 5.51. The molecule has 0 bridgehead atoms. The first-order valence-electron chi connectivity index (χ1n) is 8.06. The summed E-state index contributed by atoms with van der Waals surface area (Å²) in [5.74, 6) is 3.21. The monoisotopic (exact) mass is 422 g/mol. The predicted octanol–water partition coefficient (Wildman–Crippen LogP) is 5.05. The van der Waals surface area contributed by atoms with E-state index in [1.54, 1.807) is 28.4 Å². The molecule has 0 unspecified atom stereocenters. The Kier molecular flexibility index (Phi) is 7.21. The molecule has 2 rings (SSSR count). The van der Waals surface area contributed by atoms with Crippen molar-refractivity contribution in [3.63, 3.8) is 0 Å². The Morgan fingerprint density at radius 1 is 0.808 bits per heavy atom. The van der Waals surface area contributed by atoms with Crippen LogP contribution >= 0.6 is 15.9 Å². The Bertz CT molecular complexity index is 786. The molecule has 0 aliphatic heterocycles. The highest BCUT2D eigenvalue weighted by Crippen LogP contribution is 2.45. The number of benzene rings is 2. The minimum atomic E-state index is 0.540. The van der Waals surface area contributed by atoms with Crippen LogP contribution in [0, 0.1) is 0 Å². The molecule has 0 heterocycles. The van der Waals surface area contributed by atoms with E-state index in [0.717, 1.165) is 27.1 Å². The average Bonchev–Trinajstić information content (AvgIpc) is 2.67. The minimum Gasteiger partial charge on any atom is -0.496 e. The van der Waals surface area contributed by atoms with E-state index in [1.165, 1.54) is 0 Å². The van der Waals surface area contributed by atoms with E-state index in [-0.39, 0.29) is 0 Å². The Labute approximate surface area is 162 Å². The highest BCUT2D eigenvalue weighted by Gasteiger charge is 2.18. The van der Waals surface area contributed by atoms with E-state index in [0.29, 0.717) is 23.9 Å². The predicted molar refractivity (Wildman–Crippen MR) is 107 cm³/mol. The summed E-state index contributed by atoms with van der Waals surface area (Å²) >= 11 is 3.57. The lowest BCUT2D eigenvalue weighted by molar-refractivity contribution is 0.323. The first-order valence-corrected chi connectivity index (χ1v) is 8.86. The molecule has 0 aromatic heterocycles. The minimum absolute atomic E-state index is 0.540. The van der Waals surface area contributed by atoms with Gasteiger partial charge in [0.05, 0.1) is 39.5 Å². The summed E-state index contributed by atoms with van der Waals surface area (Å²) in [7, 11) is 6.39. The topological polar surface area (TPSA) is 46.2 Å². The molecule has 0 N–H and O–H groups in total. The van der Waals surface area contributed by atoms with Gasteiger partial charge in [-0.1, -0.05) is 12.2 Å². The van der Waals surface area contributed by atoms with Gasteiger partial charge in [0.25, 0.3) is 0 Å². The normalized spacial score (nSPS) is 10.7. The molecule has 2 aromatic carbocycles. The highest BCUT2D eigenvalue weighted by molar-refractivity contribution is 9.10. The van der Waals surface area contributed by atoms with E-state index in [1.807, 2.05) is 43.3 Å². The fourth-order valence-corrected chi connectivity index (χ4v) is 3.12. The zero-order chi connectivity index (χ0) is 19.1. The van der Waals surface area contributed by atoms with Gasteiger partial charge < -0.3 is 23.7 Å². The quantitative estimate of drug-likeness (QED) is 0.556. The third-order valence-electron chi connectivity index (χ3n) is 3.76. The van der Waals surface area contributed by atoms with Gasteiger partial charge in [-0.05, 0) is 46.6 Å². The second kappa shape index (κ2) is 9.38. The molecule has 26 heavy (non-hydrogen) atoms. The molecule has 0 aliphatic carbocycles. The van der Waals surface area contributed by atoms with Crippen molar-refractivity contribution in [2.75, 3.05) is 35.0 Å². The average molecular weight is 423 g/mol. The SMILES string of the molecule is CCOc1ccc(C=Cc2cc(OC)c(OC)c(OC)c2Br)c(OC)c1. The molecule has 0 atom stereocenters. The van der Waals surface area contributed by atoms with Crippen molar-refractivity contribution in [1.82, 2.24) is 0 Å². The lowest BCUT2D eigenvalue weighted by Gasteiger charge is -2.15. The van der Waals surface area contributed by atoms with Crippen LogP contribution in [0.2, 0.25) is 0 Å². The van der Waals surface area contributed by atoms with E-state index in [2.05, 4.69) is 15.9 Å². The lowest BCUT2D eigenvalue weighted by Crippen LogP contribution is -1.97. The number of methoxy groups -OCH3 is 4. The molecule has 2 aromatic rings. The van der Waals surface area contributed by atoms with Gasteiger partial charge in [0.2, 0.25) is 5.75 Å². The van der Waals surface area contributed by atoms with Crippen LogP contribution in [-0.2, 0) is 0 Å². The molecule has 0 radical (unpaired) electrons. The summed E-state index contributed by atoms with van der Waals surface area (Å²) in [5.41, 5.74) is 1.81. The fraction of sp³-hybridized carbons (Fsp3) is 0.300. The maximum Gasteiger partial charge on any atom is 0.204 e. The number of halogens is 1. The van der Waals surface area contributed by atoms with Gasteiger partial charge in [-0.15, -0.1) is 0 Å². The first kappa shape index (κ1) is 20.0. The van der Waals surface area contributed by atoms with Crippen molar-refractivity contribution in [3.05, 3.63) is 39.9 Å². The first-order chi connectivity index (χ1) is 12.6. The Morgan fingerprint density at radius 3 is 2.04 bits per heavy atom. The van der Waals surface area contributed by atoms with Crippen molar-refractivity contribution in [3.8, 4) is 28.7 Å². The van der Waals surface area contributed by atoms with Gasteiger partial charge in [-0.3, -0.25) is 0 Å². The smallest absolute Gasteiger partial charge is 0.204 e. The molecule has 0 saturated carbocycles. The highest BCUT2D eigenvalue weighted by atomic mass is 79.9. The molecular formula is C20H23BrO5. The second-order valence-corrected chi connectivity index (χ2v) is 6.01. The van der Waals surface area contributed by atoms with Crippen LogP contribution in [0.1, 0.15) is 18.1 Å². The molecule has 0 saturated heterocycles. The third kappa shape index (κ3) is 4.25. The molecular weight excluding hydrogens is 400 g/mol. The largest absolute Gasteiger partial charge is 0.496 e. The zero-order valence-electron chi connectivity index (χ0n) is 15.6. The van der Waals surface area contributed by atoms with E-state index >= 15 is 0 Å². The summed E-state index contributed by atoms with van der Waals surface area (Å²) < 4.78 is 28.0.